The Balaban J connectivity index is 2.09. The van der Waals surface area contributed by atoms with E-state index in [2.05, 4.69) is 10.1 Å². The minimum absolute atomic E-state index is 0.102. The van der Waals surface area contributed by atoms with Gasteiger partial charge in [-0.2, -0.15) is 5.10 Å². The maximum Gasteiger partial charge on any atom is 0.119 e. The molecule has 3 aromatic rings. The third kappa shape index (κ3) is 2.71. The second kappa shape index (κ2) is 5.99. The third-order valence-corrected chi connectivity index (χ3v) is 3.45. The predicted molar refractivity (Wildman–Crippen MR) is 84.0 cm³/mol. The molecule has 2 aromatic heterocycles. The largest absolute Gasteiger partial charge is 0.497 e. The van der Waals surface area contributed by atoms with Crippen LogP contribution in [0.4, 0.5) is 0 Å². The molecule has 0 bridgehead atoms. The van der Waals surface area contributed by atoms with Crippen LogP contribution in [0.1, 0.15) is 11.4 Å². The van der Waals surface area contributed by atoms with Crippen LogP contribution in [0.25, 0.3) is 16.9 Å². The Hall–Kier alpha value is -2.66. The van der Waals surface area contributed by atoms with E-state index in [9.17, 15) is 5.11 Å². The number of aliphatic hydroxyl groups excluding tert-OH is 1. The highest BCUT2D eigenvalue weighted by molar-refractivity contribution is 5.62. The lowest BCUT2D eigenvalue weighted by molar-refractivity contribution is 0.276. The molecule has 0 aliphatic rings. The zero-order valence-electron chi connectivity index (χ0n) is 12.5. The highest BCUT2D eigenvalue weighted by atomic mass is 16.5. The molecule has 0 saturated heterocycles. The number of benzene rings is 1. The normalized spacial score (nSPS) is 10.7. The van der Waals surface area contributed by atoms with Crippen molar-refractivity contribution in [3.63, 3.8) is 0 Å². The molecule has 112 valence electrons. The Morgan fingerprint density at radius 1 is 1.14 bits per heavy atom. The molecule has 0 saturated carbocycles. The first-order valence-electron chi connectivity index (χ1n) is 6.98. The van der Waals surface area contributed by atoms with Crippen molar-refractivity contribution in [3.8, 4) is 22.7 Å². The van der Waals surface area contributed by atoms with Crippen molar-refractivity contribution in [2.24, 2.45) is 0 Å². The van der Waals surface area contributed by atoms with Gasteiger partial charge in [0, 0.05) is 17.5 Å². The molecular formula is C17H17N3O2. The molecule has 0 spiro atoms. The number of pyridine rings is 1. The van der Waals surface area contributed by atoms with Gasteiger partial charge in [0.05, 0.1) is 30.8 Å². The number of aryl methyl sites for hydroxylation is 1. The summed E-state index contributed by atoms with van der Waals surface area (Å²) in [7, 11) is 1.64. The van der Waals surface area contributed by atoms with E-state index in [4.69, 9.17) is 4.74 Å². The molecule has 0 atom stereocenters. The number of aliphatic hydroxyl groups is 1. The van der Waals surface area contributed by atoms with Gasteiger partial charge in [0.1, 0.15) is 5.75 Å². The minimum Gasteiger partial charge on any atom is -0.497 e. The van der Waals surface area contributed by atoms with E-state index >= 15 is 0 Å². The summed E-state index contributed by atoms with van der Waals surface area (Å²) in [5.41, 5.74) is 4.32. The molecule has 0 amide bonds. The van der Waals surface area contributed by atoms with Gasteiger partial charge in [-0.15, -0.1) is 0 Å². The molecule has 1 N–H and O–H groups in total. The average Bonchev–Trinajstić information content (AvgIpc) is 3.00. The minimum atomic E-state index is -0.102. The number of ether oxygens (including phenoxy) is 1. The summed E-state index contributed by atoms with van der Waals surface area (Å²) in [5, 5.41) is 13.8. The van der Waals surface area contributed by atoms with E-state index in [1.54, 1.807) is 11.8 Å². The van der Waals surface area contributed by atoms with Gasteiger partial charge in [0.2, 0.25) is 0 Å². The Kier molecular flexibility index (Phi) is 3.89. The summed E-state index contributed by atoms with van der Waals surface area (Å²) < 4.78 is 6.98. The number of rotatable bonds is 4. The quantitative estimate of drug-likeness (QED) is 0.804. The number of hydrogen-bond donors (Lipinski definition) is 1. The maximum absolute atomic E-state index is 9.38. The van der Waals surface area contributed by atoms with E-state index in [-0.39, 0.29) is 6.61 Å². The molecule has 22 heavy (non-hydrogen) atoms. The van der Waals surface area contributed by atoms with Crippen LogP contribution in [0.3, 0.4) is 0 Å². The summed E-state index contributed by atoms with van der Waals surface area (Å²) in [6, 6.07) is 13.5. The Labute approximate surface area is 128 Å². The van der Waals surface area contributed by atoms with E-state index < -0.39 is 0 Å². The highest BCUT2D eigenvalue weighted by Gasteiger charge is 2.11. The van der Waals surface area contributed by atoms with E-state index in [1.807, 2.05) is 55.6 Å². The Morgan fingerprint density at radius 2 is 1.91 bits per heavy atom. The van der Waals surface area contributed by atoms with Crippen LogP contribution in [-0.4, -0.2) is 27.0 Å². The zero-order valence-corrected chi connectivity index (χ0v) is 12.5. The molecule has 3 rings (SSSR count). The van der Waals surface area contributed by atoms with Crippen LogP contribution >= 0.6 is 0 Å². The molecule has 0 aliphatic heterocycles. The van der Waals surface area contributed by atoms with Crippen LogP contribution in [0.15, 0.2) is 48.7 Å². The van der Waals surface area contributed by atoms with Crippen LogP contribution < -0.4 is 4.74 Å². The summed E-state index contributed by atoms with van der Waals surface area (Å²) in [5.74, 6) is 0.789. The van der Waals surface area contributed by atoms with Crippen LogP contribution in [0, 0.1) is 6.92 Å². The summed E-state index contributed by atoms with van der Waals surface area (Å²) in [6.45, 7) is 1.85. The standard InChI is InChI=1S/C17H17N3O2/c1-12-3-4-13(10-18-12)17-9-14(11-21)19-20(17)15-5-7-16(22-2)8-6-15/h3-10,21H,11H2,1-2H3. The summed E-state index contributed by atoms with van der Waals surface area (Å²) >= 11 is 0. The van der Waals surface area contributed by atoms with Gasteiger partial charge < -0.3 is 9.84 Å². The molecule has 0 fully saturated rings. The van der Waals surface area contributed by atoms with E-state index in [1.165, 1.54) is 0 Å². The Morgan fingerprint density at radius 3 is 2.50 bits per heavy atom. The topological polar surface area (TPSA) is 60.2 Å². The van der Waals surface area contributed by atoms with Gasteiger partial charge in [0.15, 0.2) is 0 Å². The molecule has 1 aromatic carbocycles. The van der Waals surface area contributed by atoms with Gasteiger partial charge in [-0.1, -0.05) is 0 Å². The lowest BCUT2D eigenvalue weighted by Gasteiger charge is -2.08. The van der Waals surface area contributed by atoms with Crippen molar-refractivity contribution < 1.29 is 9.84 Å². The molecular weight excluding hydrogens is 278 g/mol. The van der Waals surface area contributed by atoms with Crippen molar-refractivity contribution >= 4 is 0 Å². The fourth-order valence-electron chi connectivity index (χ4n) is 2.25. The number of methoxy groups -OCH3 is 1. The van der Waals surface area contributed by atoms with Gasteiger partial charge in [-0.3, -0.25) is 4.98 Å². The first kappa shape index (κ1) is 14.3. The van der Waals surface area contributed by atoms with Crippen LogP contribution in [0.5, 0.6) is 5.75 Å². The average molecular weight is 295 g/mol. The van der Waals surface area contributed by atoms with Crippen molar-refractivity contribution in [2.75, 3.05) is 7.11 Å². The fraction of sp³-hybridized carbons (Fsp3) is 0.176. The monoisotopic (exact) mass is 295 g/mol. The van der Waals surface area contributed by atoms with Crippen molar-refractivity contribution in [1.82, 2.24) is 14.8 Å². The van der Waals surface area contributed by atoms with Gasteiger partial charge in [-0.25, -0.2) is 4.68 Å². The van der Waals surface area contributed by atoms with Crippen LogP contribution in [0.2, 0.25) is 0 Å². The SMILES string of the molecule is COc1ccc(-n2nc(CO)cc2-c2ccc(C)nc2)cc1. The number of hydrogen-bond acceptors (Lipinski definition) is 4. The van der Waals surface area contributed by atoms with E-state index in [0.29, 0.717) is 5.69 Å². The summed E-state index contributed by atoms with van der Waals surface area (Å²) in [6.07, 6.45) is 1.81. The van der Waals surface area contributed by atoms with Gasteiger partial charge >= 0.3 is 0 Å². The number of nitrogens with zero attached hydrogens (tertiary/aromatic N) is 3. The molecule has 5 heteroatoms. The van der Waals surface area contributed by atoms with Gasteiger partial charge in [0.25, 0.3) is 0 Å². The fourth-order valence-corrected chi connectivity index (χ4v) is 2.25. The summed E-state index contributed by atoms with van der Waals surface area (Å²) in [4.78, 5) is 4.33. The molecule has 0 unspecified atom stereocenters. The molecule has 0 radical (unpaired) electrons. The molecule has 0 aliphatic carbocycles. The smallest absolute Gasteiger partial charge is 0.119 e. The molecule has 5 nitrogen and oxygen atoms in total. The highest BCUT2D eigenvalue weighted by Crippen LogP contribution is 2.25. The first-order chi connectivity index (χ1) is 10.7. The lowest BCUT2D eigenvalue weighted by Crippen LogP contribution is -2.00. The second-order valence-corrected chi connectivity index (χ2v) is 4.98. The Bertz CT molecular complexity index is 762. The maximum atomic E-state index is 9.38. The zero-order chi connectivity index (χ0) is 15.5. The molecule has 2 heterocycles. The van der Waals surface area contributed by atoms with Gasteiger partial charge in [-0.05, 0) is 49.4 Å². The predicted octanol–water partition coefficient (Wildman–Crippen LogP) is 2.74. The lowest BCUT2D eigenvalue weighted by atomic mass is 10.2. The number of aromatic nitrogens is 3. The van der Waals surface area contributed by atoms with Crippen molar-refractivity contribution in [2.45, 2.75) is 13.5 Å². The van der Waals surface area contributed by atoms with Crippen LogP contribution in [-0.2, 0) is 6.61 Å². The van der Waals surface area contributed by atoms with E-state index in [0.717, 1.165) is 28.4 Å². The third-order valence-electron chi connectivity index (χ3n) is 3.45. The van der Waals surface area contributed by atoms with Crippen molar-refractivity contribution in [3.05, 3.63) is 60.0 Å². The first-order valence-corrected chi connectivity index (χ1v) is 6.98. The second-order valence-electron chi connectivity index (χ2n) is 4.98. The van der Waals surface area contributed by atoms with Crippen molar-refractivity contribution in [1.29, 1.82) is 0 Å².